The number of β-lactam (4-membered cyclic amide) rings is 1. The van der Waals surface area contributed by atoms with Gasteiger partial charge in [0.05, 0.1) is 29.3 Å². The Morgan fingerprint density at radius 3 is 2.33 bits per heavy atom. The van der Waals surface area contributed by atoms with Crippen molar-refractivity contribution in [1.29, 1.82) is 0 Å². The molecular weight excluding hydrogens is 567 g/mol. The number of fused-ring (bicyclic) bond motifs is 2. The first kappa shape index (κ1) is 28.6. The highest BCUT2D eigenvalue weighted by Crippen LogP contribution is 2.47. The molecular formula is C29H31FN4O9. The molecule has 2 aromatic rings. The van der Waals surface area contributed by atoms with Crippen LogP contribution in [0, 0.1) is 17.7 Å². The van der Waals surface area contributed by atoms with Gasteiger partial charge in [-0.05, 0) is 31.9 Å². The molecule has 4 atom stereocenters. The Morgan fingerprint density at radius 2 is 1.74 bits per heavy atom. The van der Waals surface area contributed by atoms with E-state index in [0.717, 1.165) is 23.8 Å². The Morgan fingerprint density at radius 1 is 1.07 bits per heavy atom. The van der Waals surface area contributed by atoms with Crippen LogP contribution in [-0.4, -0.2) is 98.6 Å². The average Bonchev–Trinajstić information content (AvgIpc) is 3.76. The van der Waals surface area contributed by atoms with Gasteiger partial charge in [0.2, 0.25) is 11.3 Å². The van der Waals surface area contributed by atoms with E-state index in [1.807, 2.05) is 0 Å². The minimum absolute atomic E-state index is 0.00216. The normalized spacial score (nSPS) is 24.2. The van der Waals surface area contributed by atoms with Crippen molar-refractivity contribution < 1.29 is 43.6 Å². The summed E-state index contributed by atoms with van der Waals surface area (Å²) < 4.78 is 22.5. The number of ether oxygens (including phenoxy) is 1. The Hall–Kier alpha value is -4.46. The smallest absolute Gasteiger partial charge is 0.410 e. The first-order valence-corrected chi connectivity index (χ1v) is 14.2. The molecule has 3 unspecified atom stereocenters. The molecule has 4 heterocycles. The lowest BCUT2D eigenvalue weighted by Crippen LogP contribution is -2.63. The SMILES string of the molecule is CC1C(COC(=O)N2CCN(c3cc4c(cc3F)c(=O)c(C(=O)O)cn4C3CC3)CC2)=C(C(=O)O)N2C(=O)C([C@@H](C)O)C12. The zero-order valence-corrected chi connectivity index (χ0v) is 23.5. The third-order valence-corrected chi connectivity index (χ3v) is 9.02. The fourth-order valence-corrected chi connectivity index (χ4v) is 6.60. The number of rotatable bonds is 7. The van der Waals surface area contributed by atoms with E-state index in [9.17, 15) is 39.3 Å². The van der Waals surface area contributed by atoms with Crippen molar-refractivity contribution in [3.05, 3.63) is 51.2 Å². The van der Waals surface area contributed by atoms with Crippen LogP contribution in [0.1, 0.15) is 43.1 Å². The highest BCUT2D eigenvalue weighted by Gasteiger charge is 2.60. The minimum Gasteiger partial charge on any atom is -0.477 e. The number of aromatic carboxylic acids is 1. The first-order valence-electron chi connectivity index (χ1n) is 14.2. The lowest BCUT2D eigenvalue weighted by molar-refractivity contribution is -0.163. The highest BCUT2D eigenvalue weighted by atomic mass is 19.1. The molecule has 0 spiro atoms. The van der Waals surface area contributed by atoms with Gasteiger partial charge in [0.25, 0.3) is 0 Å². The first-order chi connectivity index (χ1) is 20.4. The molecule has 4 aliphatic rings. The molecule has 3 N–H and O–H groups in total. The number of carbonyl (C=O) groups is 4. The molecule has 1 saturated carbocycles. The van der Waals surface area contributed by atoms with Crippen molar-refractivity contribution >= 4 is 40.5 Å². The van der Waals surface area contributed by atoms with Crippen molar-refractivity contribution in [2.24, 2.45) is 11.8 Å². The second-order valence-corrected chi connectivity index (χ2v) is 11.6. The molecule has 14 heteroatoms. The summed E-state index contributed by atoms with van der Waals surface area (Å²) in [6.07, 6.45) is 1.34. The van der Waals surface area contributed by atoms with Crippen LogP contribution < -0.4 is 10.3 Å². The van der Waals surface area contributed by atoms with Crippen LogP contribution in [0.5, 0.6) is 0 Å². The van der Waals surface area contributed by atoms with Gasteiger partial charge in [0, 0.05) is 55.3 Å². The molecule has 13 nitrogen and oxygen atoms in total. The Bertz CT molecular complexity index is 1660. The molecule has 0 radical (unpaired) electrons. The quantitative estimate of drug-likeness (QED) is 0.398. The maximum absolute atomic E-state index is 15.3. The maximum Gasteiger partial charge on any atom is 0.410 e. The van der Waals surface area contributed by atoms with E-state index in [1.54, 1.807) is 22.5 Å². The van der Waals surface area contributed by atoms with Gasteiger partial charge in [-0.25, -0.2) is 18.8 Å². The van der Waals surface area contributed by atoms with Crippen molar-refractivity contribution in [1.82, 2.24) is 14.4 Å². The Kier molecular flexibility index (Phi) is 6.91. The average molecular weight is 599 g/mol. The molecule has 2 amide bonds. The summed E-state index contributed by atoms with van der Waals surface area (Å²) >= 11 is 0. The summed E-state index contributed by atoms with van der Waals surface area (Å²) in [4.78, 5) is 66.1. The van der Waals surface area contributed by atoms with Gasteiger partial charge in [-0.3, -0.25) is 9.59 Å². The van der Waals surface area contributed by atoms with Gasteiger partial charge in [0.1, 0.15) is 23.7 Å². The van der Waals surface area contributed by atoms with Crippen LogP contribution in [0.3, 0.4) is 0 Å². The van der Waals surface area contributed by atoms with Crippen LogP contribution in [0.2, 0.25) is 0 Å². The summed E-state index contributed by atoms with van der Waals surface area (Å²) in [5.41, 5.74) is -0.391. The van der Waals surface area contributed by atoms with E-state index in [-0.39, 0.29) is 55.6 Å². The van der Waals surface area contributed by atoms with Gasteiger partial charge in [-0.15, -0.1) is 0 Å². The Labute approximate surface area is 244 Å². The van der Waals surface area contributed by atoms with Gasteiger partial charge >= 0.3 is 18.0 Å². The van der Waals surface area contributed by atoms with Crippen molar-refractivity contribution in [3.8, 4) is 0 Å². The number of aliphatic carboxylic acids is 1. The summed E-state index contributed by atoms with van der Waals surface area (Å²) in [6, 6.07) is 2.15. The van der Waals surface area contributed by atoms with E-state index in [0.29, 0.717) is 11.1 Å². The third-order valence-electron chi connectivity index (χ3n) is 9.02. The number of carboxylic acid groups (broad SMARTS) is 2. The molecule has 6 rings (SSSR count). The number of hydrogen-bond donors (Lipinski definition) is 3. The number of carbonyl (C=O) groups excluding carboxylic acids is 2. The number of halogens is 1. The predicted octanol–water partition coefficient (Wildman–Crippen LogP) is 1.63. The standard InChI is InChI=1S/C29H31FN4O9/c1-13-18(24(28(40)41)34-23(13)22(14(2)35)26(34)37)12-43-29(42)32-7-5-31(6-8-32)21-10-20-16(9-19(21)30)25(36)17(27(38)39)11-33(20)15-3-4-15/h9-11,13-15,22-23,35H,3-8,12H2,1-2H3,(H,38,39)(H,40,41)/t13?,14-,22?,23?/m1/s1. The topological polar surface area (TPSA) is 170 Å². The van der Waals surface area contributed by atoms with Gasteiger partial charge in [-0.2, -0.15) is 0 Å². The lowest BCUT2D eigenvalue weighted by Gasteiger charge is -2.46. The molecule has 228 valence electrons. The molecule has 2 saturated heterocycles. The van der Waals surface area contributed by atoms with Gasteiger partial charge in [0.15, 0.2) is 0 Å². The van der Waals surface area contributed by atoms with E-state index >= 15 is 4.39 Å². The van der Waals surface area contributed by atoms with Crippen LogP contribution in [0.25, 0.3) is 10.9 Å². The second kappa shape index (κ2) is 10.4. The van der Waals surface area contributed by atoms with E-state index < -0.39 is 64.7 Å². The van der Waals surface area contributed by atoms with E-state index in [2.05, 4.69) is 0 Å². The molecule has 0 bridgehead atoms. The van der Waals surface area contributed by atoms with Crippen LogP contribution in [-0.2, 0) is 14.3 Å². The molecule has 43 heavy (non-hydrogen) atoms. The van der Waals surface area contributed by atoms with E-state index in [4.69, 9.17) is 4.74 Å². The number of anilines is 1. The lowest BCUT2D eigenvalue weighted by atomic mass is 9.78. The summed E-state index contributed by atoms with van der Waals surface area (Å²) in [5, 5.41) is 29.2. The van der Waals surface area contributed by atoms with Gasteiger partial charge in [-0.1, -0.05) is 6.92 Å². The minimum atomic E-state index is -1.37. The number of piperazine rings is 1. The van der Waals surface area contributed by atoms with Crippen LogP contribution >= 0.6 is 0 Å². The zero-order valence-electron chi connectivity index (χ0n) is 23.5. The molecule has 3 fully saturated rings. The summed E-state index contributed by atoms with van der Waals surface area (Å²) in [7, 11) is 0. The molecule has 3 aliphatic heterocycles. The maximum atomic E-state index is 15.3. The highest BCUT2D eigenvalue weighted by molar-refractivity contribution is 6.00. The van der Waals surface area contributed by atoms with Crippen LogP contribution in [0.15, 0.2) is 34.4 Å². The number of amides is 2. The van der Waals surface area contributed by atoms with E-state index in [1.165, 1.54) is 18.0 Å². The number of aliphatic hydroxyl groups excluding tert-OH is 1. The van der Waals surface area contributed by atoms with Crippen molar-refractivity contribution in [2.45, 2.75) is 44.9 Å². The molecule has 1 aromatic carbocycles. The number of aliphatic hydroxyl groups is 1. The Balaban J connectivity index is 1.15. The third kappa shape index (κ3) is 4.60. The van der Waals surface area contributed by atoms with Crippen molar-refractivity contribution in [3.63, 3.8) is 0 Å². The number of nitrogens with zero attached hydrogens (tertiary/aromatic N) is 4. The van der Waals surface area contributed by atoms with Crippen LogP contribution in [0.4, 0.5) is 14.9 Å². The number of pyridine rings is 1. The largest absolute Gasteiger partial charge is 0.477 e. The summed E-state index contributed by atoms with van der Waals surface area (Å²) in [6.45, 7) is 3.75. The number of hydrogen-bond acceptors (Lipinski definition) is 8. The summed E-state index contributed by atoms with van der Waals surface area (Å²) in [5.74, 6) is -4.98. The zero-order chi connectivity index (χ0) is 30.9. The number of aromatic nitrogens is 1. The number of carboxylic acids is 2. The molecule has 1 aromatic heterocycles. The molecule has 1 aliphatic carbocycles. The second-order valence-electron chi connectivity index (χ2n) is 11.6. The fraction of sp³-hybridized carbons (Fsp3) is 0.483. The van der Waals surface area contributed by atoms with Gasteiger partial charge < -0.3 is 39.3 Å². The number of benzene rings is 1. The van der Waals surface area contributed by atoms with Crippen molar-refractivity contribution in [2.75, 3.05) is 37.7 Å². The predicted molar refractivity (Wildman–Crippen MR) is 148 cm³/mol. The fourth-order valence-electron chi connectivity index (χ4n) is 6.60. The monoisotopic (exact) mass is 598 g/mol.